The molecule has 1 N–H and O–H groups in total. The SMILES string of the molecule is COCC(C)n1ccnc1Nc1c(C)cccc1C. The van der Waals surface area contributed by atoms with Crippen molar-refractivity contribution in [2.45, 2.75) is 26.8 Å². The van der Waals surface area contributed by atoms with E-state index >= 15 is 0 Å². The molecule has 0 radical (unpaired) electrons. The van der Waals surface area contributed by atoms with Crippen LogP contribution in [0.25, 0.3) is 0 Å². The van der Waals surface area contributed by atoms with Crippen LogP contribution >= 0.6 is 0 Å². The molecule has 1 unspecified atom stereocenters. The summed E-state index contributed by atoms with van der Waals surface area (Å²) in [7, 11) is 1.71. The summed E-state index contributed by atoms with van der Waals surface area (Å²) in [6.07, 6.45) is 3.78. The van der Waals surface area contributed by atoms with Crippen LogP contribution in [0.3, 0.4) is 0 Å². The molecule has 0 amide bonds. The van der Waals surface area contributed by atoms with Crippen molar-refractivity contribution in [3.8, 4) is 0 Å². The monoisotopic (exact) mass is 259 g/mol. The number of nitrogens with one attached hydrogen (secondary N) is 1. The fourth-order valence-electron chi connectivity index (χ4n) is 2.21. The maximum absolute atomic E-state index is 5.20. The number of benzene rings is 1. The molecule has 0 aliphatic rings. The van der Waals surface area contributed by atoms with E-state index in [4.69, 9.17) is 4.74 Å². The second-order valence-corrected chi connectivity index (χ2v) is 4.85. The standard InChI is InChI=1S/C15H21N3O/c1-11-6-5-7-12(2)14(11)17-15-16-8-9-18(15)13(3)10-19-4/h5-9,13H,10H2,1-4H3,(H,16,17). The van der Waals surface area contributed by atoms with E-state index in [1.807, 2.05) is 12.4 Å². The Morgan fingerprint density at radius 3 is 2.63 bits per heavy atom. The lowest BCUT2D eigenvalue weighted by molar-refractivity contribution is 0.163. The van der Waals surface area contributed by atoms with Gasteiger partial charge in [0.1, 0.15) is 0 Å². The molecule has 4 nitrogen and oxygen atoms in total. The van der Waals surface area contributed by atoms with Crippen molar-refractivity contribution in [3.05, 3.63) is 41.7 Å². The zero-order valence-corrected chi connectivity index (χ0v) is 12.0. The molecule has 1 aromatic carbocycles. The predicted molar refractivity (Wildman–Crippen MR) is 78.0 cm³/mol. The highest BCUT2D eigenvalue weighted by Crippen LogP contribution is 2.24. The first kappa shape index (κ1) is 13.6. The van der Waals surface area contributed by atoms with E-state index in [1.165, 1.54) is 11.1 Å². The van der Waals surface area contributed by atoms with Gasteiger partial charge in [0.05, 0.1) is 12.6 Å². The molecule has 102 valence electrons. The number of aromatic nitrogens is 2. The Balaban J connectivity index is 2.27. The van der Waals surface area contributed by atoms with Crippen LogP contribution in [0.1, 0.15) is 24.1 Å². The summed E-state index contributed by atoms with van der Waals surface area (Å²) in [6, 6.07) is 6.51. The first-order chi connectivity index (χ1) is 9.13. The Labute approximate surface area is 114 Å². The summed E-state index contributed by atoms with van der Waals surface area (Å²) in [5.74, 6) is 0.849. The Bertz CT molecular complexity index is 528. The number of rotatable bonds is 5. The van der Waals surface area contributed by atoms with Gasteiger partial charge in [-0.2, -0.15) is 0 Å². The maximum Gasteiger partial charge on any atom is 0.207 e. The van der Waals surface area contributed by atoms with Crippen molar-refractivity contribution in [3.63, 3.8) is 0 Å². The largest absolute Gasteiger partial charge is 0.383 e. The molecule has 2 aromatic rings. The highest BCUT2D eigenvalue weighted by molar-refractivity contribution is 5.63. The van der Waals surface area contributed by atoms with Gasteiger partial charge in [-0.05, 0) is 31.9 Å². The zero-order chi connectivity index (χ0) is 13.8. The maximum atomic E-state index is 5.20. The van der Waals surface area contributed by atoms with Crippen molar-refractivity contribution in [1.82, 2.24) is 9.55 Å². The number of para-hydroxylation sites is 1. The van der Waals surface area contributed by atoms with Gasteiger partial charge in [-0.15, -0.1) is 0 Å². The average molecular weight is 259 g/mol. The number of ether oxygens (including phenoxy) is 1. The summed E-state index contributed by atoms with van der Waals surface area (Å²) in [6.45, 7) is 6.97. The van der Waals surface area contributed by atoms with Gasteiger partial charge in [-0.3, -0.25) is 0 Å². The van der Waals surface area contributed by atoms with Gasteiger partial charge in [0.2, 0.25) is 5.95 Å². The second-order valence-electron chi connectivity index (χ2n) is 4.85. The molecule has 0 fully saturated rings. The molecule has 1 heterocycles. The number of methoxy groups -OCH3 is 1. The minimum Gasteiger partial charge on any atom is -0.383 e. The molecule has 0 spiro atoms. The van der Waals surface area contributed by atoms with Gasteiger partial charge >= 0.3 is 0 Å². The number of anilines is 2. The molecular formula is C15H21N3O. The normalized spacial score (nSPS) is 12.4. The highest BCUT2D eigenvalue weighted by Gasteiger charge is 2.11. The predicted octanol–water partition coefficient (Wildman–Crippen LogP) is 3.45. The van der Waals surface area contributed by atoms with Crippen molar-refractivity contribution in [2.24, 2.45) is 0 Å². The van der Waals surface area contributed by atoms with Gasteiger partial charge in [0.25, 0.3) is 0 Å². The summed E-state index contributed by atoms with van der Waals surface area (Å²) < 4.78 is 7.30. The second kappa shape index (κ2) is 5.89. The van der Waals surface area contributed by atoms with Gasteiger partial charge in [-0.25, -0.2) is 4.98 Å². The Morgan fingerprint density at radius 1 is 1.32 bits per heavy atom. The summed E-state index contributed by atoms with van der Waals surface area (Å²) in [5.41, 5.74) is 3.56. The third-order valence-electron chi connectivity index (χ3n) is 3.27. The molecule has 1 aromatic heterocycles. The molecule has 4 heteroatoms. The van der Waals surface area contributed by atoms with Gasteiger partial charge < -0.3 is 14.6 Å². The smallest absolute Gasteiger partial charge is 0.207 e. The topological polar surface area (TPSA) is 39.1 Å². The van der Waals surface area contributed by atoms with E-state index in [2.05, 4.69) is 53.8 Å². The van der Waals surface area contributed by atoms with Crippen LogP contribution in [0, 0.1) is 13.8 Å². The molecule has 1 atom stereocenters. The molecule has 19 heavy (non-hydrogen) atoms. The third kappa shape index (κ3) is 2.96. The van der Waals surface area contributed by atoms with Crippen molar-refractivity contribution >= 4 is 11.6 Å². The number of nitrogens with zero attached hydrogens (tertiary/aromatic N) is 2. The van der Waals surface area contributed by atoms with Crippen LogP contribution in [0.5, 0.6) is 0 Å². The van der Waals surface area contributed by atoms with Crippen LogP contribution in [-0.4, -0.2) is 23.3 Å². The number of aryl methyl sites for hydroxylation is 2. The van der Waals surface area contributed by atoms with E-state index in [9.17, 15) is 0 Å². The highest BCUT2D eigenvalue weighted by atomic mass is 16.5. The van der Waals surface area contributed by atoms with Crippen LogP contribution < -0.4 is 5.32 Å². The van der Waals surface area contributed by atoms with E-state index < -0.39 is 0 Å². The summed E-state index contributed by atoms with van der Waals surface area (Å²) in [4.78, 5) is 4.39. The van der Waals surface area contributed by atoms with Crippen LogP contribution in [-0.2, 0) is 4.74 Å². The Kier molecular flexibility index (Phi) is 4.22. The summed E-state index contributed by atoms with van der Waals surface area (Å²) >= 11 is 0. The van der Waals surface area contributed by atoms with Crippen molar-refractivity contribution in [1.29, 1.82) is 0 Å². The minimum absolute atomic E-state index is 0.249. The summed E-state index contributed by atoms with van der Waals surface area (Å²) in [5, 5.41) is 3.42. The molecule has 0 saturated carbocycles. The molecule has 0 bridgehead atoms. The zero-order valence-electron chi connectivity index (χ0n) is 12.0. The van der Waals surface area contributed by atoms with E-state index in [-0.39, 0.29) is 6.04 Å². The Morgan fingerprint density at radius 2 is 2.00 bits per heavy atom. The van der Waals surface area contributed by atoms with Crippen molar-refractivity contribution in [2.75, 3.05) is 19.0 Å². The van der Waals surface area contributed by atoms with E-state index in [0.717, 1.165) is 11.6 Å². The minimum atomic E-state index is 0.249. The van der Waals surface area contributed by atoms with Crippen molar-refractivity contribution < 1.29 is 4.74 Å². The fraction of sp³-hybridized carbons (Fsp3) is 0.400. The lowest BCUT2D eigenvalue weighted by atomic mass is 10.1. The average Bonchev–Trinajstić information content (AvgIpc) is 2.82. The number of hydrogen-bond donors (Lipinski definition) is 1. The molecule has 2 rings (SSSR count). The van der Waals surface area contributed by atoms with E-state index in [1.54, 1.807) is 7.11 Å². The number of hydrogen-bond acceptors (Lipinski definition) is 3. The third-order valence-corrected chi connectivity index (χ3v) is 3.27. The van der Waals surface area contributed by atoms with Crippen LogP contribution in [0.15, 0.2) is 30.6 Å². The molecular weight excluding hydrogens is 238 g/mol. The van der Waals surface area contributed by atoms with Gasteiger partial charge in [0.15, 0.2) is 0 Å². The first-order valence-electron chi connectivity index (χ1n) is 6.48. The lowest BCUT2D eigenvalue weighted by Gasteiger charge is -2.18. The molecule has 0 saturated heterocycles. The van der Waals surface area contributed by atoms with Crippen LogP contribution in [0.2, 0.25) is 0 Å². The molecule has 0 aliphatic heterocycles. The fourth-order valence-corrected chi connectivity index (χ4v) is 2.21. The Hall–Kier alpha value is -1.81. The number of imidazole rings is 1. The lowest BCUT2D eigenvalue weighted by Crippen LogP contribution is -2.13. The quantitative estimate of drug-likeness (QED) is 0.894. The van der Waals surface area contributed by atoms with Gasteiger partial charge in [-0.1, -0.05) is 18.2 Å². The first-order valence-corrected chi connectivity index (χ1v) is 6.48. The van der Waals surface area contributed by atoms with Crippen LogP contribution in [0.4, 0.5) is 11.6 Å². The molecule has 0 aliphatic carbocycles. The van der Waals surface area contributed by atoms with Gasteiger partial charge in [0, 0.05) is 25.2 Å². The van der Waals surface area contributed by atoms with E-state index in [0.29, 0.717) is 6.61 Å².